The number of benzene rings is 2. The smallest absolute Gasteiger partial charge is 0.247 e. The third kappa shape index (κ3) is 3.55. The van der Waals surface area contributed by atoms with Gasteiger partial charge in [-0.2, -0.15) is 0 Å². The molecule has 4 rings (SSSR count). The Hall–Kier alpha value is -3.25. The number of aromatic nitrogens is 3. The first-order chi connectivity index (χ1) is 12.7. The van der Waals surface area contributed by atoms with E-state index in [1.54, 1.807) is 30.5 Å². The number of anilines is 1. The number of hydrogen-bond donors (Lipinski definition) is 1. The van der Waals surface area contributed by atoms with Crippen LogP contribution in [0.15, 0.2) is 65.2 Å². The molecule has 0 bridgehead atoms. The molecule has 2 heterocycles. The minimum atomic E-state index is -0.259. The van der Waals surface area contributed by atoms with Crippen LogP contribution in [0.1, 0.15) is 5.89 Å². The minimum absolute atomic E-state index is 0.0192. The molecule has 0 radical (unpaired) electrons. The largest absolute Gasteiger partial charge is 0.420 e. The standard InChI is InChI=1S/C19H13ClN4O2/c20-14-4-1-5-15(10-14)22-17(25)11-18-23-24-19(26-18)13-6-7-16-12(9-13)3-2-8-21-16/h1-10H,11H2,(H,22,25). The molecule has 128 valence electrons. The highest BCUT2D eigenvalue weighted by Crippen LogP contribution is 2.22. The molecule has 0 fully saturated rings. The molecule has 7 heteroatoms. The summed E-state index contributed by atoms with van der Waals surface area (Å²) in [6.45, 7) is 0. The summed E-state index contributed by atoms with van der Waals surface area (Å²) in [4.78, 5) is 16.4. The summed E-state index contributed by atoms with van der Waals surface area (Å²) in [6.07, 6.45) is 1.72. The predicted molar refractivity (Wildman–Crippen MR) is 98.8 cm³/mol. The Kier molecular flexibility index (Phi) is 4.33. The van der Waals surface area contributed by atoms with Gasteiger partial charge in [-0.05, 0) is 42.5 Å². The minimum Gasteiger partial charge on any atom is -0.420 e. The quantitative estimate of drug-likeness (QED) is 0.589. The van der Waals surface area contributed by atoms with Crippen LogP contribution in [0.25, 0.3) is 22.4 Å². The van der Waals surface area contributed by atoms with E-state index in [1.807, 2.05) is 30.3 Å². The third-order valence-electron chi connectivity index (χ3n) is 3.74. The normalized spacial score (nSPS) is 10.8. The molecule has 0 saturated carbocycles. The highest BCUT2D eigenvalue weighted by Gasteiger charge is 2.13. The van der Waals surface area contributed by atoms with Crippen LogP contribution < -0.4 is 5.32 Å². The van der Waals surface area contributed by atoms with E-state index in [0.29, 0.717) is 16.6 Å². The molecule has 0 unspecified atom stereocenters. The van der Waals surface area contributed by atoms with Gasteiger partial charge in [-0.3, -0.25) is 9.78 Å². The molecular formula is C19H13ClN4O2. The SMILES string of the molecule is O=C(Cc1nnc(-c2ccc3ncccc3c2)o1)Nc1cccc(Cl)c1. The average molecular weight is 365 g/mol. The van der Waals surface area contributed by atoms with Gasteiger partial charge < -0.3 is 9.73 Å². The van der Waals surface area contributed by atoms with Gasteiger partial charge in [0.1, 0.15) is 6.42 Å². The summed E-state index contributed by atoms with van der Waals surface area (Å²) in [5.74, 6) is 0.345. The Bertz CT molecular complexity index is 1090. The Morgan fingerprint density at radius 1 is 1.08 bits per heavy atom. The lowest BCUT2D eigenvalue weighted by Crippen LogP contribution is -2.14. The van der Waals surface area contributed by atoms with Crippen molar-refractivity contribution >= 4 is 34.1 Å². The van der Waals surface area contributed by atoms with Gasteiger partial charge in [0.2, 0.25) is 17.7 Å². The topological polar surface area (TPSA) is 80.9 Å². The van der Waals surface area contributed by atoms with Crippen LogP contribution >= 0.6 is 11.6 Å². The summed E-state index contributed by atoms with van der Waals surface area (Å²) in [7, 11) is 0. The second-order valence-corrected chi connectivity index (χ2v) is 6.08. The van der Waals surface area contributed by atoms with Crippen LogP contribution in [-0.4, -0.2) is 21.1 Å². The molecule has 0 aliphatic heterocycles. The lowest BCUT2D eigenvalue weighted by Gasteiger charge is -2.03. The number of hydrogen-bond acceptors (Lipinski definition) is 5. The van der Waals surface area contributed by atoms with Crippen molar-refractivity contribution in [3.8, 4) is 11.5 Å². The number of pyridine rings is 1. The van der Waals surface area contributed by atoms with Gasteiger partial charge in [0.05, 0.1) is 5.52 Å². The number of nitrogens with zero attached hydrogens (tertiary/aromatic N) is 3. The summed E-state index contributed by atoms with van der Waals surface area (Å²) in [6, 6.07) is 16.4. The molecule has 0 atom stereocenters. The zero-order valence-electron chi connectivity index (χ0n) is 13.5. The zero-order valence-corrected chi connectivity index (χ0v) is 14.3. The predicted octanol–water partition coefficient (Wildman–Crippen LogP) is 4.12. The molecule has 0 spiro atoms. The highest BCUT2D eigenvalue weighted by molar-refractivity contribution is 6.30. The summed E-state index contributed by atoms with van der Waals surface area (Å²) in [5.41, 5.74) is 2.28. The number of fused-ring (bicyclic) bond motifs is 1. The summed E-state index contributed by atoms with van der Waals surface area (Å²) < 4.78 is 5.62. The van der Waals surface area contributed by atoms with Crippen LogP contribution in [0, 0.1) is 0 Å². The molecule has 1 N–H and O–H groups in total. The maximum Gasteiger partial charge on any atom is 0.247 e. The molecule has 2 aromatic heterocycles. The van der Waals surface area contributed by atoms with Crippen molar-refractivity contribution in [2.75, 3.05) is 5.32 Å². The van der Waals surface area contributed by atoms with E-state index < -0.39 is 0 Å². The number of nitrogens with one attached hydrogen (secondary N) is 1. The average Bonchev–Trinajstić information content (AvgIpc) is 3.09. The number of rotatable bonds is 4. The third-order valence-corrected chi connectivity index (χ3v) is 3.97. The second kappa shape index (κ2) is 6.93. The van der Waals surface area contributed by atoms with E-state index in [9.17, 15) is 4.79 Å². The second-order valence-electron chi connectivity index (χ2n) is 5.65. The molecule has 0 saturated heterocycles. The van der Waals surface area contributed by atoms with Crippen molar-refractivity contribution < 1.29 is 9.21 Å². The fourth-order valence-electron chi connectivity index (χ4n) is 2.56. The number of amides is 1. The number of carbonyl (C=O) groups is 1. The van der Waals surface area contributed by atoms with Crippen LogP contribution in [-0.2, 0) is 11.2 Å². The van der Waals surface area contributed by atoms with Crippen molar-refractivity contribution in [2.45, 2.75) is 6.42 Å². The molecule has 0 aliphatic rings. The Labute approximate surface area is 153 Å². The van der Waals surface area contributed by atoms with Gasteiger partial charge in [-0.1, -0.05) is 23.7 Å². The first kappa shape index (κ1) is 16.2. The Morgan fingerprint density at radius 3 is 2.88 bits per heavy atom. The van der Waals surface area contributed by atoms with Gasteiger partial charge in [0.15, 0.2) is 0 Å². The number of halogens is 1. The van der Waals surface area contributed by atoms with Crippen LogP contribution in [0.5, 0.6) is 0 Å². The monoisotopic (exact) mass is 364 g/mol. The Balaban J connectivity index is 1.49. The maximum atomic E-state index is 12.1. The van der Waals surface area contributed by atoms with Gasteiger partial charge in [-0.25, -0.2) is 0 Å². The van der Waals surface area contributed by atoms with Crippen LogP contribution in [0.4, 0.5) is 5.69 Å². The highest BCUT2D eigenvalue weighted by atomic mass is 35.5. The van der Waals surface area contributed by atoms with E-state index in [4.69, 9.17) is 16.0 Å². The van der Waals surface area contributed by atoms with E-state index in [1.165, 1.54) is 0 Å². The zero-order chi connectivity index (χ0) is 17.9. The molecular weight excluding hydrogens is 352 g/mol. The molecule has 2 aromatic carbocycles. The lowest BCUT2D eigenvalue weighted by molar-refractivity contribution is -0.115. The van der Waals surface area contributed by atoms with Crippen LogP contribution in [0.3, 0.4) is 0 Å². The molecule has 0 aliphatic carbocycles. The fourth-order valence-corrected chi connectivity index (χ4v) is 2.75. The van der Waals surface area contributed by atoms with Crippen molar-refractivity contribution in [2.24, 2.45) is 0 Å². The fraction of sp³-hybridized carbons (Fsp3) is 0.0526. The van der Waals surface area contributed by atoms with Gasteiger partial charge >= 0.3 is 0 Å². The van der Waals surface area contributed by atoms with Crippen molar-refractivity contribution in [1.82, 2.24) is 15.2 Å². The number of carbonyl (C=O) groups excluding carboxylic acids is 1. The summed E-state index contributed by atoms with van der Waals surface area (Å²) >= 11 is 5.90. The van der Waals surface area contributed by atoms with Gasteiger partial charge in [0, 0.05) is 27.9 Å². The first-order valence-corrected chi connectivity index (χ1v) is 8.28. The first-order valence-electron chi connectivity index (χ1n) is 7.90. The van der Waals surface area contributed by atoms with Crippen molar-refractivity contribution in [3.05, 3.63) is 71.7 Å². The van der Waals surface area contributed by atoms with Gasteiger partial charge in [0.25, 0.3) is 0 Å². The molecule has 6 nitrogen and oxygen atoms in total. The van der Waals surface area contributed by atoms with E-state index in [0.717, 1.165) is 16.5 Å². The van der Waals surface area contributed by atoms with Crippen molar-refractivity contribution in [1.29, 1.82) is 0 Å². The van der Waals surface area contributed by atoms with E-state index >= 15 is 0 Å². The lowest BCUT2D eigenvalue weighted by atomic mass is 10.1. The van der Waals surface area contributed by atoms with E-state index in [2.05, 4.69) is 20.5 Å². The molecule has 26 heavy (non-hydrogen) atoms. The molecule has 4 aromatic rings. The maximum absolute atomic E-state index is 12.1. The van der Waals surface area contributed by atoms with Crippen molar-refractivity contribution in [3.63, 3.8) is 0 Å². The van der Waals surface area contributed by atoms with Crippen LogP contribution in [0.2, 0.25) is 5.02 Å². The van der Waals surface area contributed by atoms with Gasteiger partial charge in [-0.15, -0.1) is 10.2 Å². The molecule has 1 amide bonds. The Morgan fingerprint density at radius 2 is 2.00 bits per heavy atom. The van der Waals surface area contributed by atoms with E-state index in [-0.39, 0.29) is 18.2 Å². The summed E-state index contributed by atoms with van der Waals surface area (Å²) in [5, 5.41) is 12.3.